The van der Waals surface area contributed by atoms with Gasteiger partial charge in [-0.25, -0.2) is 0 Å². The van der Waals surface area contributed by atoms with E-state index in [0.29, 0.717) is 5.75 Å². The molecule has 3 heterocycles. The Kier molecular flexibility index (Phi) is 5.02. The fourth-order valence-corrected chi connectivity index (χ4v) is 7.58. The van der Waals surface area contributed by atoms with Crippen LogP contribution in [-0.4, -0.2) is 74.2 Å². The summed E-state index contributed by atoms with van der Waals surface area (Å²) in [6.45, 7) is 5.84. The van der Waals surface area contributed by atoms with Crippen LogP contribution >= 0.6 is 0 Å². The van der Waals surface area contributed by atoms with E-state index in [4.69, 9.17) is 0 Å². The number of phenols is 1. The molecule has 2 aliphatic heterocycles. The highest BCUT2D eigenvalue weighted by Crippen LogP contribution is 2.56. The average molecular weight is 473 g/mol. The Balaban J connectivity index is 1.18. The van der Waals surface area contributed by atoms with Gasteiger partial charge in [-0.05, 0) is 86.9 Å². The Bertz CT molecular complexity index is 1250. The zero-order valence-electron chi connectivity index (χ0n) is 20.4. The van der Waals surface area contributed by atoms with Crippen molar-refractivity contribution < 1.29 is 10.2 Å². The number of hydrogen-bond acceptors (Lipinski definition) is 5. The summed E-state index contributed by atoms with van der Waals surface area (Å²) in [6, 6.07) is 14.5. The Hall–Kier alpha value is -2.41. The Morgan fingerprint density at radius 3 is 2.69 bits per heavy atom. The summed E-state index contributed by atoms with van der Waals surface area (Å²) in [5.74, 6) is 1.14. The third-order valence-electron chi connectivity index (χ3n) is 9.70. The minimum Gasteiger partial charge on any atom is -0.508 e. The van der Waals surface area contributed by atoms with E-state index in [0.717, 1.165) is 70.9 Å². The number of aliphatic hydroxyl groups is 1. The maximum atomic E-state index is 12.6. The molecule has 184 valence electrons. The van der Waals surface area contributed by atoms with Gasteiger partial charge in [0.15, 0.2) is 0 Å². The van der Waals surface area contributed by atoms with Gasteiger partial charge in [-0.2, -0.15) is 5.10 Å². The lowest BCUT2D eigenvalue weighted by molar-refractivity contribution is -0.149. The van der Waals surface area contributed by atoms with Crippen molar-refractivity contribution in [2.45, 2.75) is 62.1 Å². The van der Waals surface area contributed by atoms with Gasteiger partial charge in [-0.15, -0.1) is 0 Å². The van der Waals surface area contributed by atoms with E-state index in [2.05, 4.69) is 49.9 Å². The van der Waals surface area contributed by atoms with E-state index in [9.17, 15) is 10.2 Å². The minimum atomic E-state index is -0.756. The average Bonchev–Trinajstić information content (AvgIpc) is 3.61. The molecule has 4 aliphatic rings. The Labute approximate surface area is 207 Å². The van der Waals surface area contributed by atoms with Crippen LogP contribution in [0.1, 0.15) is 43.2 Å². The van der Waals surface area contributed by atoms with Crippen molar-refractivity contribution in [3.63, 3.8) is 0 Å². The van der Waals surface area contributed by atoms with Crippen molar-refractivity contribution in [2.24, 2.45) is 5.92 Å². The van der Waals surface area contributed by atoms with Crippen LogP contribution in [0, 0.1) is 5.92 Å². The van der Waals surface area contributed by atoms with Crippen LogP contribution in [0.2, 0.25) is 0 Å². The van der Waals surface area contributed by atoms with Gasteiger partial charge in [0, 0.05) is 36.5 Å². The lowest BCUT2D eigenvalue weighted by Gasteiger charge is -2.61. The van der Waals surface area contributed by atoms with Gasteiger partial charge in [0.2, 0.25) is 0 Å². The van der Waals surface area contributed by atoms with E-state index in [1.54, 1.807) is 0 Å². The molecule has 2 bridgehead atoms. The van der Waals surface area contributed by atoms with Crippen molar-refractivity contribution in [1.29, 1.82) is 0 Å². The molecule has 1 aromatic heterocycles. The zero-order chi connectivity index (χ0) is 23.6. The summed E-state index contributed by atoms with van der Waals surface area (Å²) in [6.07, 6.45) is 8.22. The van der Waals surface area contributed by atoms with Crippen molar-refractivity contribution in [3.8, 4) is 5.75 Å². The number of nitrogens with zero attached hydrogens (tertiary/aromatic N) is 4. The molecule has 6 nitrogen and oxygen atoms in total. The number of fused-ring (bicyclic) bond motifs is 2. The predicted octanol–water partition coefficient (Wildman–Crippen LogP) is 3.55. The van der Waals surface area contributed by atoms with Gasteiger partial charge in [0.1, 0.15) is 5.75 Å². The molecule has 35 heavy (non-hydrogen) atoms. The van der Waals surface area contributed by atoms with E-state index in [1.165, 1.54) is 34.9 Å². The van der Waals surface area contributed by atoms with E-state index >= 15 is 0 Å². The smallest absolute Gasteiger partial charge is 0.115 e. The first kappa shape index (κ1) is 21.8. The summed E-state index contributed by atoms with van der Waals surface area (Å²) in [7, 11) is 0. The fraction of sp³-hybridized carbons (Fsp3) is 0.552. The highest BCUT2D eigenvalue weighted by atomic mass is 16.3. The van der Waals surface area contributed by atoms with Crippen molar-refractivity contribution >= 4 is 10.9 Å². The molecule has 0 spiro atoms. The van der Waals surface area contributed by atoms with E-state index in [1.807, 2.05) is 18.3 Å². The van der Waals surface area contributed by atoms with Gasteiger partial charge in [-0.3, -0.25) is 9.58 Å². The molecule has 3 unspecified atom stereocenters. The fourth-order valence-electron chi connectivity index (χ4n) is 7.58. The monoisotopic (exact) mass is 472 g/mol. The molecule has 3 aromatic rings. The number of aromatic hydroxyl groups is 1. The van der Waals surface area contributed by atoms with Gasteiger partial charge in [0.05, 0.1) is 23.9 Å². The molecule has 2 saturated heterocycles. The number of hydrogen-bond donors (Lipinski definition) is 2. The third kappa shape index (κ3) is 3.45. The normalized spacial score (nSPS) is 31.2. The molecule has 3 atom stereocenters. The number of piperidine rings is 1. The molecular weight excluding hydrogens is 436 g/mol. The predicted molar refractivity (Wildman–Crippen MR) is 137 cm³/mol. The Morgan fingerprint density at radius 1 is 0.971 bits per heavy atom. The van der Waals surface area contributed by atoms with Gasteiger partial charge >= 0.3 is 0 Å². The maximum absolute atomic E-state index is 12.6. The van der Waals surface area contributed by atoms with Crippen molar-refractivity contribution in [2.75, 3.05) is 32.7 Å². The van der Waals surface area contributed by atoms with Crippen LogP contribution in [0.25, 0.3) is 10.9 Å². The number of phenolic OH excluding ortho intramolecular Hbond substituents is 1. The van der Waals surface area contributed by atoms with Gasteiger partial charge in [0.25, 0.3) is 0 Å². The van der Waals surface area contributed by atoms with Gasteiger partial charge in [-0.1, -0.05) is 24.3 Å². The zero-order valence-corrected chi connectivity index (χ0v) is 20.4. The van der Waals surface area contributed by atoms with Crippen LogP contribution in [-0.2, 0) is 18.4 Å². The molecular formula is C29H36N4O2. The maximum Gasteiger partial charge on any atom is 0.115 e. The first-order valence-corrected chi connectivity index (χ1v) is 13.5. The minimum absolute atomic E-state index is 0.170. The summed E-state index contributed by atoms with van der Waals surface area (Å²) in [4.78, 5) is 5.15. The number of benzene rings is 2. The second-order valence-corrected chi connectivity index (χ2v) is 11.5. The van der Waals surface area contributed by atoms with Crippen LogP contribution in [0.5, 0.6) is 5.75 Å². The second kappa shape index (κ2) is 8.05. The standard InChI is InChI=1S/C29H36N4O2/c34-24-8-7-22-17-27-29(35)11-13-31(15-16-33-26-4-2-1-3-23(26)19-30-33)12-9-28(29,25(22)18-24)10-14-32(27)20-21-5-6-21/h1-4,7-8,18-19,21,27,34-35H,5-6,9-17,20H2. The van der Waals surface area contributed by atoms with Gasteiger partial charge < -0.3 is 15.1 Å². The second-order valence-electron chi connectivity index (χ2n) is 11.5. The summed E-state index contributed by atoms with van der Waals surface area (Å²) in [5, 5.41) is 28.9. The summed E-state index contributed by atoms with van der Waals surface area (Å²) < 4.78 is 2.11. The molecule has 2 N–H and O–H groups in total. The SMILES string of the molecule is Oc1ccc2c(c1)C13CCN(CCn4ncc5ccccc54)CCC1(O)C(C2)N(CC1CC1)CC3. The van der Waals surface area contributed by atoms with Crippen LogP contribution in [0.4, 0.5) is 0 Å². The molecule has 3 fully saturated rings. The van der Waals surface area contributed by atoms with Crippen LogP contribution < -0.4 is 0 Å². The molecule has 6 heteroatoms. The number of likely N-dealkylation sites (tertiary alicyclic amines) is 2. The highest BCUT2D eigenvalue weighted by Gasteiger charge is 2.63. The molecule has 0 radical (unpaired) electrons. The van der Waals surface area contributed by atoms with Crippen LogP contribution in [0.3, 0.4) is 0 Å². The number of rotatable bonds is 5. The summed E-state index contributed by atoms with van der Waals surface area (Å²) >= 11 is 0. The Morgan fingerprint density at radius 2 is 1.80 bits per heavy atom. The lowest BCUT2D eigenvalue weighted by Crippen LogP contribution is -2.71. The molecule has 2 aliphatic carbocycles. The lowest BCUT2D eigenvalue weighted by atomic mass is 9.52. The molecule has 1 saturated carbocycles. The topological polar surface area (TPSA) is 64.8 Å². The summed E-state index contributed by atoms with van der Waals surface area (Å²) in [5.41, 5.74) is 2.69. The highest BCUT2D eigenvalue weighted by molar-refractivity contribution is 5.78. The van der Waals surface area contributed by atoms with Crippen molar-refractivity contribution in [1.82, 2.24) is 19.6 Å². The molecule has 7 rings (SSSR count). The number of aromatic nitrogens is 2. The largest absolute Gasteiger partial charge is 0.508 e. The first-order chi connectivity index (χ1) is 17.1. The molecule has 2 aromatic carbocycles. The third-order valence-corrected chi connectivity index (χ3v) is 9.70. The first-order valence-electron chi connectivity index (χ1n) is 13.5. The molecule has 0 amide bonds. The number of para-hydroxylation sites is 1. The van der Waals surface area contributed by atoms with E-state index in [-0.39, 0.29) is 11.5 Å². The van der Waals surface area contributed by atoms with E-state index < -0.39 is 5.60 Å². The van der Waals surface area contributed by atoms with Crippen LogP contribution in [0.15, 0.2) is 48.7 Å². The van der Waals surface area contributed by atoms with Crippen molar-refractivity contribution in [3.05, 3.63) is 59.8 Å². The quantitative estimate of drug-likeness (QED) is 0.595.